The summed E-state index contributed by atoms with van der Waals surface area (Å²) in [6, 6.07) is 33.4. The van der Waals surface area contributed by atoms with Crippen LogP contribution in [0.4, 0.5) is 26.3 Å². The third-order valence-corrected chi connectivity index (χ3v) is 8.82. The van der Waals surface area contributed by atoms with Crippen molar-refractivity contribution in [1.82, 2.24) is 0 Å². The molecule has 6 aromatic rings. The highest BCUT2D eigenvalue weighted by Crippen LogP contribution is 2.58. The Kier molecular flexibility index (Phi) is 6.93. The summed E-state index contributed by atoms with van der Waals surface area (Å²) < 4.78 is 85.1. The van der Waals surface area contributed by atoms with E-state index in [1.54, 1.807) is 60.7 Å². The van der Waals surface area contributed by atoms with Crippen molar-refractivity contribution >= 4 is 0 Å². The predicted molar refractivity (Wildman–Crippen MR) is 168 cm³/mol. The summed E-state index contributed by atoms with van der Waals surface area (Å²) in [5, 5.41) is 20.5. The standard InChI is InChI=1S/C39H24F6O2/c40-38(41,42)33-7-3-1-5-29(33)23-9-19-31-32-20-10-24(30-6-2-4-8-34(30)39(43,44)45)22-36(32)37(35(31)21-23,25-11-15-27(46)16-12-25)26-13-17-28(47)18-14-26/h1-22,46-47H. The van der Waals surface area contributed by atoms with E-state index in [4.69, 9.17) is 0 Å². The third-order valence-electron chi connectivity index (χ3n) is 8.82. The van der Waals surface area contributed by atoms with E-state index >= 15 is 0 Å². The molecule has 2 N–H and O–H groups in total. The Bertz CT molecular complexity index is 1970. The summed E-state index contributed by atoms with van der Waals surface area (Å²) in [5.41, 5.74) is 1.47. The lowest BCUT2D eigenvalue weighted by Crippen LogP contribution is -2.28. The molecule has 1 aliphatic rings. The summed E-state index contributed by atoms with van der Waals surface area (Å²) in [6.45, 7) is 0. The van der Waals surface area contributed by atoms with Crippen LogP contribution in [0.5, 0.6) is 11.5 Å². The molecule has 0 saturated carbocycles. The van der Waals surface area contributed by atoms with E-state index in [-0.39, 0.29) is 22.6 Å². The number of hydrogen-bond acceptors (Lipinski definition) is 2. The minimum Gasteiger partial charge on any atom is -0.508 e. The fraction of sp³-hybridized carbons (Fsp3) is 0.0769. The van der Waals surface area contributed by atoms with E-state index in [9.17, 15) is 36.6 Å². The number of alkyl halides is 6. The Morgan fingerprint density at radius 2 is 0.766 bits per heavy atom. The molecule has 7 rings (SSSR count). The largest absolute Gasteiger partial charge is 0.508 e. The minimum absolute atomic E-state index is 0.0197. The van der Waals surface area contributed by atoms with Crippen LogP contribution in [-0.4, -0.2) is 10.2 Å². The first-order valence-electron chi connectivity index (χ1n) is 14.6. The Morgan fingerprint density at radius 1 is 0.404 bits per heavy atom. The van der Waals surface area contributed by atoms with E-state index in [2.05, 4.69) is 0 Å². The van der Waals surface area contributed by atoms with Gasteiger partial charge >= 0.3 is 12.4 Å². The van der Waals surface area contributed by atoms with Crippen LogP contribution in [0.1, 0.15) is 33.4 Å². The number of phenols is 2. The molecule has 0 fully saturated rings. The molecular formula is C39H24F6O2. The first-order valence-corrected chi connectivity index (χ1v) is 14.6. The van der Waals surface area contributed by atoms with Crippen molar-refractivity contribution in [2.75, 3.05) is 0 Å². The highest BCUT2D eigenvalue weighted by molar-refractivity contribution is 5.90. The predicted octanol–water partition coefficient (Wildman–Crippen LogP) is 10.8. The molecule has 0 radical (unpaired) electrons. The van der Waals surface area contributed by atoms with Crippen LogP contribution in [0.3, 0.4) is 0 Å². The van der Waals surface area contributed by atoms with Gasteiger partial charge in [0.15, 0.2) is 0 Å². The topological polar surface area (TPSA) is 40.5 Å². The smallest absolute Gasteiger partial charge is 0.417 e. The maximum absolute atomic E-state index is 14.2. The third kappa shape index (κ3) is 4.92. The van der Waals surface area contributed by atoms with Gasteiger partial charge in [-0.05, 0) is 104 Å². The zero-order valence-corrected chi connectivity index (χ0v) is 24.4. The fourth-order valence-corrected chi connectivity index (χ4v) is 6.83. The van der Waals surface area contributed by atoms with Gasteiger partial charge in [-0.2, -0.15) is 26.3 Å². The van der Waals surface area contributed by atoms with Crippen molar-refractivity contribution < 1.29 is 36.6 Å². The number of benzene rings is 6. The van der Waals surface area contributed by atoms with E-state index < -0.39 is 28.9 Å². The van der Waals surface area contributed by atoms with Crippen LogP contribution in [0, 0.1) is 0 Å². The van der Waals surface area contributed by atoms with Gasteiger partial charge in [0.2, 0.25) is 0 Å². The van der Waals surface area contributed by atoms with Gasteiger partial charge in [0, 0.05) is 0 Å². The molecule has 0 unspecified atom stereocenters. The van der Waals surface area contributed by atoms with Crippen molar-refractivity contribution in [3.63, 3.8) is 0 Å². The SMILES string of the molecule is Oc1ccc(C2(c3ccc(O)cc3)c3cc(-c4ccccc4C(F)(F)F)ccc3-c3ccc(-c4ccccc4C(F)(F)F)cc32)cc1. The molecular weight excluding hydrogens is 614 g/mol. The highest BCUT2D eigenvalue weighted by Gasteiger charge is 2.47. The van der Waals surface area contributed by atoms with Gasteiger partial charge in [-0.25, -0.2) is 0 Å². The van der Waals surface area contributed by atoms with Gasteiger partial charge in [0.25, 0.3) is 0 Å². The van der Waals surface area contributed by atoms with Crippen LogP contribution in [0.25, 0.3) is 33.4 Å². The van der Waals surface area contributed by atoms with Gasteiger partial charge in [0.05, 0.1) is 16.5 Å². The Labute approximate surface area is 265 Å². The summed E-state index contributed by atoms with van der Waals surface area (Å²) >= 11 is 0. The summed E-state index contributed by atoms with van der Waals surface area (Å²) in [4.78, 5) is 0. The number of halogens is 6. The lowest BCUT2D eigenvalue weighted by atomic mass is 9.67. The number of fused-ring (bicyclic) bond motifs is 3. The van der Waals surface area contributed by atoms with Gasteiger partial charge < -0.3 is 10.2 Å². The second kappa shape index (κ2) is 10.8. The fourth-order valence-electron chi connectivity index (χ4n) is 6.83. The van der Waals surface area contributed by atoms with Gasteiger partial charge in [-0.3, -0.25) is 0 Å². The number of hydrogen-bond donors (Lipinski definition) is 2. The Balaban J connectivity index is 1.59. The minimum atomic E-state index is -4.62. The summed E-state index contributed by atoms with van der Waals surface area (Å²) in [5.74, 6) is -0.0393. The molecule has 0 aromatic heterocycles. The van der Waals surface area contributed by atoms with Crippen LogP contribution >= 0.6 is 0 Å². The monoisotopic (exact) mass is 638 g/mol. The van der Waals surface area contributed by atoms with E-state index in [1.807, 2.05) is 0 Å². The molecule has 0 spiro atoms. The second-order valence-electron chi connectivity index (χ2n) is 11.5. The van der Waals surface area contributed by atoms with E-state index in [0.29, 0.717) is 44.5 Å². The summed E-state index contributed by atoms with van der Waals surface area (Å²) in [7, 11) is 0. The highest BCUT2D eigenvalue weighted by atomic mass is 19.4. The summed E-state index contributed by atoms with van der Waals surface area (Å²) in [6.07, 6.45) is -9.24. The van der Waals surface area contributed by atoms with Gasteiger partial charge in [0.1, 0.15) is 11.5 Å². The lowest BCUT2D eigenvalue weighted by molar-refractivity contribution is -0.137. The molecule has 0 heterocycles. The van der Waals surface area contributed by atoms with Crippen molar-refractivity contribution in [2.45, 2.75) is 17.8 Å². The average molecular weight is 639 g/mol. The molecule has 234 valence electrons. The molecule has 6 aromatic carbocycles. The Morgan fingerprint density at radius 3 is 1.13 bits per heavy atom. The first-order chi connectivity index (χ1) is 22.4. The average Bonchev–Trinajstić information content (AvgIpc) is 3.34. The van der Waals surface area contributed by atoms with E-state index in [0.717, 1.165) is 12.1 Å². The maximum atomic E-state index is 14.2. The number of phenolic OH excluding ortho intramolecular Hbond substituents is 2. The second-order valence-corrected chi connectivity index (χ2v) is 11.5. The van der Waals surface area contributed by atoms with Gasteiger partial charge in [-0.15, -0.1) is 0 Å². The first kappa shape index (κ1) is 30.2. The van der Waals surface area contributed by atoms with Crippen LogP contribution in [0.2, 0.25) is 0 Å². The van der Waals surface area contributed by atoms with Crippen molar-refractivity contribution in [2.24, 2.45) is 0 Å². The molecule has 47 heavy (non-hydrogen) atoms. The zero-order chi connectivity index (χ0) is 33.1. The quantitative estimate of drug-likeness (QED) is 0.188. The van der Waals surface area contributed by atoms with Crippen LogP contribution in [-0.2, 0) is 17.8 Å². The van der Waals surface area contributed by atoms with Crippen molar-refractivity contribution in [1.29, 1.82) is 0 Å². The molecule has 0 aliphatic heterocycles. The molecule has 8 heteroatoms. The molecule has 0 atom stereocenters. The zero-order valence-electron chi connectivity index (χ0n) is 24.4. The van der Waals surface area contributed by atoms with Crippen molar-refractivity contribution in [3.05, 3.63) is 167 Å². The molecule has 0 saturated heterocycles. The normalized spacial score (nSPS) is 13.7. The van der Waals surface area contributed by atoms with E-state index in [1.165, 1.54) is 60.7 Å². The number of aromatic hydroxyl groups is 2. The molecule has 0 bridgehead atoms. The van der Waals surface area contributed by atoms with Gasteiger partial charge in [-0.1, -0.05) is 84.9 Å². The Hall–Kier alpha value is -5.50. The maximum Gasteiger partial charge on any atom is 0.417 e. The van der Waals surface area contributed by atoms with Crippen LogP contribution in [0.15, 0.2) is 133 Å². The molecule has 0 amide bonds. The van der Waals surface area contributed by atoms with Crippen LogP contribution < -0.4 is 0 Å². The molecule has 1 aliphatic carbocycles. The number of rotatable bonds is 4. The van der Waals surface area contributed by atoms with Crippen molar-refractivity contribution in [3.8, 4) is 44.9 Å². The molecule has 2 nitrogen and oxygen atoms in total. The lowest BCUT2D eigenvalue weighted by Gasteiger charge is -2.34.